The number of allylic oxidation sites excluding steroid dienone is 6. The average Bonchev–Trinajstić information content (AvgIpc) is 3.51. The minimum Gasteiger partial charge on any atom is -0.338 e. The van der Waals surface area contributed by atoms with E-state index in [9.17, 15) is 0 Å². The van der Waals surface area contributed by atoms with E-state index in [0.29, 0.717) is 5.92 Å². The Morgan fingerprint density at radius 2 is 1.56 bits per heavy atom. The third-order valence-electron chi connectivity index (χ3n) is 9.06. The molecule has 1 aliphatic carbocycles. The Labute approximate surface area is 267 Å². The second-order valence-corrected chi connectivity index (χ2v) is 15.3. The summed E-state index contributed by atoms with van der Waals surface area (Å²) >= 11 is 10.9. The number of halogens is 1. The molecule has 0 fully saturated rings. The van der Waals surface area contributed by atoms with E-state index in [1.165, 1.54) is 63.5 Å². The van der Waals surface area contributed by atoms with Crippen LogP contribution < -0.4 is 9.47 Å². The number of thioether (sulfide) groups is 1. The van der Waals surface area contributed by atoms with Crippen molar-refractivity contribution in [2.75, 3.05) is 11.9 Å². The Kier molecular flexibility index (Phi) is 7.28. The van der Waals surface area contributed by atoms with E-state index in [-0.39, 0.29) is 5.41 Å². The van der Waals surface area contributed by atoms with Crippen molar-refractivity contribution in [3.05, 3.63) is 117 Å². The molecule has 2 aliphatic rings. The van der Waals surface area contributed by atoms with Crippen LogP contribution in [0.5, 0.6) is 0 Å². The number of anilines is 1. The number of aryl methyl sites for hydroxylation is 1. The van der Waals surface area contributed by atoms with Gasteiger partial charge in [0.15, 0.2) is 0 Å². The van der Waals surface area contributed by atoms with Crippen LogP contribution in [0.15, 0.2) is 117 Å². The van der Waals surface area contributed by atoms with Crippen LogP contribution in [0.4, 0.5) is 5.69 Å². The van der Waals surface area contributed by atoms with Gasteiger partial charge in [0.1, 0.15) is 11.7 Å². The van der Waals surface area contributed by atoms with Crippen molar-refractivity contribution >= 4 is 78.2 Å². The summed E-state index contributed by atoms with van der Waals surface area (Å²) in [5, 5.41) is 8.49. The predicted octanol–water partition coefficient (Wildman–Crippen LogP) is 11.0. The monoisotopic (exact) mass is 619 g/mol. The third kappa shape index (κ3) is 5.14. The number of thiazole rings is 1. The maximum Gasteiger partial charge on any atom is 0.262 e. The van der Waals surface area contributed by atoms with Crippen molar-refractivity contribution in [3.63, 3.8) is 0 Å². The number of nitrogens with zero attached hydrogens (tertiary/aromatic N) is 2. The van der Waals surface area contributed by atoms with Crippen LogP contribution in [-0.4, -0.2) is 7.05 Å². The van der Waals surface area contributed by atoms with E-state index in [4.69, 9.17) is 11.6 Å². The van der Waals surface area contributed by atoms with E-state index < -0.39 is 0 Å². The molecule has 4 aromatic carbocycles. The SMILES string of the molecule is CN1/C(=C/C=C2\C[C@H](C(C)(C)C)CC(/C=C/c3sc4ccc5ccccc5c4[n+]3C)=C2Cl)Sc2ccc3ccccc3c21. The largest absolute Gasteiger partial charge is 0.338 e. The Bertz CT molecular complexity index is 2040. The van der Waals surface area contributed by atoms with Gasteiger partial charge < -0.3 is 4.90 Å². The molecule has 43 heavy (non-hydrogen) atoms. The molecule has 0 N–H and O–H groups in total. The molecule has 1 atom stereocenters. The normalized spacial score (nSPS) is 19.7. The first-order chi connectivity index (χ1) is 20.7. The van der Waals surface area contributed by atoms with E-state index in [1.54, 1.807) is 0 Å². The number of rotatable bonds is 3. The van der Waals surface area contributed by atoms with E-state index >= 15 is 0 Å². The van der Waals surface area contributed by atoms with E-state index in [2.05, 4.69) is 141 Å². The molecule has 5 heteroatoms. The van der Waals surface area contributed by atoms with Crippen LogP contribution in [0.3, 0.4) is 0 Å². The quantitative estimate of drug-likeness (QED) is 0.185. The molecular formula is C38H36ClN2S2+. The molecule has 0 amide bonds. The molecule has 216 valence electrons. The molecule has 0 bridgehead atoms. The van der Waals surface area contributed by atoms with Gasteiger partial charge in [-0.2, -0.15) is 4.57 Å². The first kappa shape index (κ1) is 28.5. The van der Waals surface area contributed by atoms with Crippen LogP contribution in [0.2, 0.25) is 0 Å². The molecule has 0 radical (unpaired) electrons. The lowest BCUT2D eigenvalue weighted by molar-refractivity contribution is -0.641. The zero-order chi connectivity index (χ0) is 29.9. The first-order valence-corrected chi connectivity index (χ1v) is 16.9. The summed E-state index contributed by atoms with van der Waals surface area (Å²) < 4.78 is 3.63. The Balaban J connectivity index is 1.24. The van der Waals surface area contributed by atoms with Crippen LogP contribution in [0.25, 0.3) is 37.8 Å². The third-order valence-corrected chi connectivity index (χ3v) is 11.9. The summed E-state index contributed by atoms with van der Waals surface area (Å²) in [7, 11) is 4.35. The minimum absolute atomic E-state index is 0.179. The van der Waals surface area contributed by atoms with Gasteiger partial charge >= 0.3 is 0 Å². The molecule has 0 saturated heterocycles. The highest BCUT2D eigenvalue weighted by molar-refractivity contribution is 8.03. The zero-order valence-electron chi connectivity index (χ0n) is 25.3. The van der Waals surface area contributed by atoms with Crippen LogP contribution in [0.1, 0.15) is 38.6 Å². The van der Waals surface area contributed by atoms with Gasteiger partial charge in [-0.1, -0.05) is 122 Å². The first-order valence-electron chi connectivity index (χ1n) is 14.9. The van der Waals surface area contributed by atoms with Crippen molar-refractivity contribution in [2.24, 2.45) is 18.4 Å². The van der Waals surface area contributed by atoms with Gasteiger partial charge in [-0.3, -0.25) is 0 Å². The number of aromatic nitrogens is 1. The van der Waals surface area contributed by atoms with Crippen molar-refractivity contribution < 1.29 is 4.57 Å². The summed E-state index contributed by atoms with van der Waals surface area (Å²) in [5.74, 6) is 0.509. The highest BCUT2D eigenvalue weighted by Crippen LogP contribution is 2.49. The van der Waals surface area contributed by atoms with Crippen molar-refractivity contribution in [1.29, 1.82) is 0 Å². The highest BCUT2D eigenvalue weighted by atomic mass is 35.5. The predicted molar refractivity (Wildman–Crippen MR) is 189 cm³/mol. The van der Waals surface area contributed by atoms with Crippen LogP contribution >= 0.6 is 34.7 Å². The van der Waals surface area contributed by atoms with Gasteiger partial charge in [-0.25, -0.2) is 0 Å². The summed E-state index contributed by atoms with van der Waals surface area (Å²) in [6.45, 7) is 7.06. The summed E-state index contributed by atoms with van der Waals surface area (Å²) in [6, 6.07) is 26.2. The molecule has 2 heterocycles. The lowest BCUT2D eigenvalue weighted by atomic mass is 9.71. The van der Waals surface area contributed by atoms with Gasteiger partial charge in [0.25, 0.3) is 5.01 Å². The Hall–Kier alpha value is -3.31. The number of hydrogen-bond donors (Lipinski definition) is 0. The standard InChI is InChI=1S/C38H36ClN2S2/c1-38(2,3)28-22-26(16-20-33-40(4)36-29-12-8-6-10-24(29)14-18-31(36)42-33)35(39)27(23-28)17-21-34-41(5)37-30-13-9-7-11-25(30)15-19-32(37)43-34/h6-21,28H,22-23H2,1-5H3/q+1. The van der Waals surface area contributed by atoms with Crippen molar-refractivity contribution in [1.82, 2.24) is 0 Å². The number of benzene rings is 4. The van der Waals surface area contributed by atoms with Crippen LogP contribution in [-0.2, 0) is 7.05 Å². The molecule has 5 aromatic rings. The Morgan fingerprint density at radius 1 is 0.860 bits per heavy atom. The number of fused-ring (bicyclic) bond motifs is 6. The fourth-order valence-electron chi connectivity index (χ4n) is 6.43. The molecular weight excluding hydrogens is 584 g/mol. The molecule has 1 aromatic heterocycles. The maximum absolute atomic E-state index is 7.22. The zero-order valence-corrected chi connectivity index (χ0v) is 27.7. The van der Waals surface area contributed by atoms with Gasteiger partial charge in [0.05, 0.1) is 16.1 Å². The van der Waals surface area contributed by atoms with E-state index in [1.807, 2.05) is 23.1 Å². The minimum atomic E-state index is 0.179. The van der Waals surface area contributed by atoms with Crippen LogP contribution in [0, 0.1) is 11.3 Å². The molecule has 0 spiro atoms. The Morgan fingerprint density at radius 3 is 2.33 bits per heavy atom. The lowest BCUT2D eigenvalue weighted by Gasteiger charge is -2.35. The molecule has 2 nitrogen and oxygen atoms in total. The fraction of sp³-hybridized carbons (Fsp3) is 0.237. The van der Waals surface area contributed by atoms with Gasteiger partial charge in [0.2, 0.25) is 5.52 Å². The van der Waals surface area contributed by atoms with Gasteiger partial charge in [0, 0.05) is 28.4 Å². The summed E-state index contributed by atoms with van der Waals surface area (Å²) in [5.41, 5.74) is 5.21. The second-order valence-electron chi connectivity index (χ2n) is 12.8. The average molecular weight is 620 g/mol. The maximum atomic E-state index is 7.22. The van der Waals surface area contributed by atoms with Gasteiger partial charge in [-0.05, 0) is 70.4 Å². The smallest absolute Gasteiger partial charge is 0.262 e. The summed E-state index contributed by atoms with van der Waals surface area (Å²) in [4.78, 5) is 3.63. The topological polar surface area (TPSA) is 7.12 Å². The van der Waals surface area contributed by atoms with Gasteiger partial charge in [-0.15, -0.1) is 0 Å². The molecule has 0 unspecified atom stereocenters. The number of hydrogen-bond acceptors (Lipinski definition) is 3. The molecule has 7 rings (SSSR count). The second kappa shape index (κ2) is 11.0. The fourth-order valence-corrected chi connectivity index (χ4v) is 8.85. The highest BCUT2D eigenvalue weighted by Gasteiger charge is 2.32. The summed E-state index contributed by atoms with van der Waals surface area (Å²) in [6.07, 6.45) is 11.0. The lowest BCUT2D eigenvalue weighted by Crippen LogP contribution is -2.29. The van der Waals surface area contributed by atoms with E-state index in [0.717, 1.165) is 17.9 Å². The molecule has 1 aliphatic heterocycles. The van der Waals surface area contributed by atoms with Crippen molar-refractivity contribution in [3.8, 4) is 0 Å². The molecule has 0 saturated carbocycles. The van der Waals surface area contributed by atoms with Crippen molar-refractivity contribution in [2.45, 2.75) is 38.5 Å².